The number of hydrogen-bond donors (Lipinski definition) is 1. The van der Waals surface area contributed by atoms with Crippen LogP contribution in [-0.2, 0) is 4.79 Å². The van der Waals surface area contributed by atoms with Crippen molar-refractivity contribution in [1.82, 2.24) is 15.1 Å². The first-order valence-corrected chi connectivity index (χ1v) is 14.4. The van der Waals surface area contributed by atoms with E-state index in [2.05, 4.69) is 52.3 Å². The highest BCUT2D eigenvalue weighted by Crippen LogP contribution is 2.26. The van der Waals surface area contributed by atoms with Gasteiger partial charge < -0.3 is 19.5 Å². The number of halogens is 2. The summed E-state index contributed by atoms with van der Waals surface area (Å²) in [5.41, 5.74) is 3.26. The van der Waals surface area contributed by atoms with Crippen LogP contribution in [0.15, 0.2) is 91.4 Å². The number of aromatic nitrogens is 2. The molecule has 0 radical (unpaired) electrons. The molecule has 0 aliphatic carbocycles. The van der Waals surface area contributed by atoms with Crippen LogP contribution >= 0.6 is 43.6 Å². The number of benzene rings is 3. The van der Waals surface area contributed by atoms with Crippen molar-refractivity contribution < 1.29 is 14.0 Å². The van der Waals surface area contributed by atoms with Gasteiger partial charge in [-0.2, -0.15) is 0 Å². The van der Waals surface area contributed by atoms with Gasteiger partial charge in [-0.15, -0.1) is 10.2 Å². The predicted molar refractivity (Wildman–Crippen MR) is 155 cm³/mol. The van der Waals surface area contributed by atoms with Gasteiger partial charge in [0, 0.05) is 57.6 Å². The van der Waals surface area contributed by atoms with E-state index in [0.29, 0.717) is 35.5 Å². The summed E-state index contributed by atoms with van der Waals surface area (Å²) in [7, 11) is 0. The first-order valence-electron chi connectivity index (χ1n) is 11.9. The minimum Gasteiger partial charge on any atom is -0.411 e. The van der Waals surface area contributed by atoms with Gasteiger partial charge in [0.15, 0.2) is 0 Å². The topological polar surface area (TPSA) is 91.6 Å². The number of anilines is 2. The van der Waals surface area contributed by atoms with Crippen LogP contribution in [0.4, 0.5) is 11.4 Å². The molecule has 38 heavy (non-hydrogen) atoms. The molecular weight excluding hydrogens is 634 g/mol. The Bertz CT molecular complexity index is 1440. The molecule has 1 saturated heterocycles. The SMILES string of the molecule is O=C(CSc1nnc(-c2cccc(Br)c2)o1)Nc1ccc(N2CCN(C(=O)c3cccc(Br)c3)CC2)cc1. The van der Waals surface area contributed by atoms with Crippen molar-refractivity contribution in [3.63, 3.8) is 0 Å². The highest BCUT2D eigenvalue weighted by atomic mass is 79.9. The first kappa shape index (κ1) is 26.5. The number of nitrogens with one attached hydrogen (secondary N) is 1. The van der Waals surface area contributed by atoms with Gasteiger partial charge in [-0.25, -0.2) is 0 Å². The molecule has 11 heteroatoms. The molecule has 8 nitrogen and oxygen atoms in total. The molecule has 0 saturated carbocycles. The number of carbonyl (C=O) groups is 2. The van der Waals surface area contributed by atoms with E-state index in [1.54, 1.807) is 0 Å². The van der Waals surface area contributed by atoms with Gasteiger partial charge in [0.2, 0.25) is 11.8 Å². The summed E-state index contributed by atoms with van der Waals surface area (Å²) < 4.78 is 7.48. The molecule has 0 atom stereocenters. The third kappa shape index (κ3) is 6.64. The number of piperazine rings is 1. The van der Waals surface area contributed by atoms with Crippen molar-refractivity contribution in [2.24, 2.45) is 0 Å². The summed E-state index contributed by atoms with van der Waals surface area (Å²) in [5, 5.41) is 11.3. The zero-order valence-electron chi connectivity index (χ0n) is 20.1. The Balaban J connectivity index is 1.09. The van der Waals surface area contributed by atoms with E-state index in [4.69, 9.17) is 4.42 Å². The summed E-state index contributed by atoms with van der Waals surface area (Å²) in [6.45, 7) is 2.79. The molecule has 0 spiro atoms. The van der Waals surface area contributed by atoms with Crippen molar-refractivity contribution in [3.8, 4) is 11.5 Å². The van der Waals surface area contributed by atoms with E-state index in [0.717, 1.165) is 33.3 Å². The van der Waals surface area contributed by atoms with Gasteiger partial charge in [0.25, 0.3) is 11.1 Å². The number of nitrogens with zero attached hydrogens (tertiary/aromatic N) is 4. The average molecular weight is 657 g/mol. The maximum absolute atomic E-state index is 12.8. The smallest absolute Gasteiger partial charge is 0.277 e. The van der Waals surface area contributed by atoms with Gasteiger partial charge in [-0.3, -0.25) is 9.59 Å². The van der Waals surface area contributed by atoms with Crippen LogP contribution < -0.4 is 10.2 Å². The van der Waals surface area contributed by atoms with Gasteiger partial charge in [-0.05, 0) is 60.7 Å². The number of rotatable bonds is 7. The lowest BCUT2D eigenvalue weighted by atomic mass is 10.1. The second-order valence-electron chi connectivity index (χ2n) is 8.56. The second kappa shape index (κ2) is 12.1. The van der Waals surface area contributed by atoms with Crippen LogP contribution in [0.1, 0.15) is 10.4 Å². The highest BCUT2D eigenvalue weighted by Gasteiger charge is 2.22. The van der Waals surface area contributed by atoms with Gasteiger partial charge in [0.05, 0.1) is 5.75 Å². The average Bonchev–Trinajstić information content (AvgIpc) is 3.41. The molecule has 1 aromatic heterocycles. The largest absolute Gasteiger partial charge is 0.411 e. The molecule has 1 aliphatic heterocycles. The van der Waals surface area contributed by atoms with Gasteiger partial charge >= 0.3 is 0 Å². The molecule has 1 N–H and O–H groups in total. The maximum Gasteiger partial charge on any atom is 0.277 e. The molecule has 4 aromatic rings. The molecule has 2 heterocycles. The van der Waals surface area contributed by atoms with Crippen molar-refractivity contribution in [2.75, 3.05) is 42.1 Å². The molecule has 1 fully saturated rings. The van der Waals surface area contributed by atoms with Gasteiger partial charge in [-0.1, -0.05) is 55.8 Å². The summed E-state index contributed by atoms with van der Waals surface area (Å²) in [6, 6.07) is 22.8. The minimum atomic E-state index is -0.162. The Morgan fingerprint density at radius 3 is 2.32 bits per heavy atom. The van der Waals surface area contributed by atoms with Crippen LogP contribution in [0, 0.1) is 0 Å². The Hall–Kier alpha value is -3.15. The summed E-state index contributed by atoms with van der Waals surface area (Å²) in [4.78, 5) is 29.4. The second-order valence-corrected chi connectivity index (χ2v) is 11.3. The van der Waals surface area contributed by atoms with Crippen LogP contribution in [0.3, 0.4) is 0 Å². The van der Waals surface area contributed by atoms with E-state index in [1.807, 2.05) is 77.7 Å². The lowest BCUT2D eigenvalue weighted by molar-refractivity contribution is -0.113. The van der Waals surface area contributed by atoms with Crippen molar-refractivity contribution in [2.45, 2.75) is 5.22 Å². The monoisotopic (exact) mass is 655 g/mol. The normalized spacial score (nSPS) is 13.4. The molecular formula is C27H23Br2N5O3S. The molecule has 2 amide bonds. The Morgan fingerprint density at radius 2 is 1.61 bits per heavy atom. The van der Waals surface area contributed by atoms with E-state index in [1.165, 1.54) is 11.8 Å². The molecule has 0 unspecified atom stereocenters. The van der Waals surface area contributed by atoms with Crippen LogP contribution in [0.2, 0.25) is 0 Å². The van der Waals surface area contributed by atoms with Gasteiger partial charge in [0.1, 0.15) is 0 Å². The third-order valence-electron chi connectivity index (χ3n) is 5.96. The standard InChI is InChI=1S/C27H23Br2N5O3S/c28-20-5-1-3-18(15-20)25-31-32-27(37-25)38-17-24(35)30-22-7-9-23(10-8-22)33-11-13-34(14-12-33)26(36)19-4-2-6-21(29)16-19/h1-10,15-16H,11-14,17H2,(H,30,35). The third-order valence-corrected chi connectivity index (χ3v) is 7.76. The fourth-order valence-electron chi connectivity index (χ4n) is 4.06. The zero-order valence-corrected chi connectivity index (χ0v) is 24.1. The number of hydrogen-bond acceptors (Lipinski definition) is 7. The van der Waals surface area contributed by atoms with Crippen LogP contribution in [-0.4, -0.2) is 58.8 Å². The first-order chi connectivity index (χ1) is 18.4. The maximum atomic E-state index is 12.8. The fraction of sp³-hybridized carbons (Fsp3) is 0.185. The van der Waals surface area contributed by atoms with E-state index < -0.39 is 0 Å². The Morgan fingerprint density at radius 1 is 0.895 bits per heavy atom. The van der Waals surface area contributed by atoms with E-state index in [9.17, 15) is 9.59 Å². The van der Waals surface area contributed by atoms with Crippen molar-refractivity contribution >= 4 is 66.8 Å². The predicted octanol–water partition coefficient (Wildman–Crippen LogP) is 5.95. The number of carbonyl (C=O) groups excluding carboxylic acids is 2. The van der Waals surface area contributed by atoms with Crippen molar-refractivity contribution in [1.29, 1.82) is 0 Å². The molecule has 194 valence electrons. The molecule has 0 bridgehead atoms. The van der Waals surface area contributed by atoms with Crippen LogP contribution in [0.25, 0.3) is 11.5 Å². The molecule has 5 rings (SSSR count). The van der Waals surface area contributed by atoms with Crippen LogP contribution in [0.5, 0.6) is 0 Å². The molecule has 1 aliphatic rings. The highest BCUT2D eigenvalue weighted by molar-refractivity contribution is 9.10. The van der Waals surface area contributed by atoms with Crippen molar-refractivity contribution in [3.05, 3.63) is 87.3 Å². The fourth-order valence-corrected chi connectivity index (χ4v) is 5.42. The summed E-state index contributed by atoms with van der Waals surface area (Å²) >= 11 is 8.04. The lowest BCUT2D eigenvalue weighted by Crippen LogP contribution is -2.48. The van der Waals surface area contributed by atoms with E-state index >= 15 is 0 Å². The summed E-state index contributed by atoms with van der Waals surface area (Å²) in [5.74, 6) is 0.440. The Kier molecular flexibility index (Phi) is 8.45. The minimum absolute atomic E-state index is 0.0479. The summed E-state index contributed by atoms with van der Waals surface area (Å²) in [6.07, 6.45) is 0. The van der Waals surface area contributed by atoms with E-state index in [-0.39, 0.29) is 17.6 Å². The quantitative estimate of drug-likeness (QED) is 0.246. The zero-order chi connectivity index (χ0) is 26.5. The Labute approximate surface area is 241 Å². The molecule has 3 aromatic carbocycles. The number of thioether (sulfide) groups is 1. The lowest BCUT2D eigenvalue weighted by Gasteiger charge is -2.36. The number of amides is 2.